The molecular formula is C13H18FNO2. The van der Waals surface area contributed by atoms with Crippen LogP contribution in [0.25, 0.3) is 0 Å². The van der Waals surface area contributed by atoms with Gasteiger partial charge in [0.15, 0.2) is 0 Å². The van der Waals surface area contributed by atoms with Gasteiger partial charge in [-0.05, 0) is 24.1 Å². The third-order valence-corrected chi connectivity index (χ3v) is 2.47. The topological polar surface area (TPSA) is 38.3 Å². The maximum absolute atomic E-state index is 13.0. The molecule has 3 nitrogen and oxygen atoms in total. The van der Waals surface area contributed by atoms with Gasteiger partial charge >= 0.3 is 0 Å². The zero-order valence-electron chi connectivity index (χ0n) is 10.2. The summed E-state index contributed by atoms with van der Waals surface area (Å²) in [5, 5.41) is 2.77. The minimum Gasteiger partial charge on any atom is -0.375 e. The molecule has 0 spiro atoms. The predicted molar refractivity (Wildman–Crippen MR) is 64.1 cm³/mol. The summed E-state index contributed by atoms with van der Waals surface area (Å²) in [6.07, 6.45) is 0.995. The smallest absolute Gasteiger partial charge is 0.220 e. The van der Waals surface area contributed by atoms with Crippen LogP contribution in [0.3, 0.4) is 0 Å². The van der Waals surface area contributed by atoms with E-state index < -0.39 is 0 Å². The molecule has 1 N–H and O–H groups in total. The summed E-state index contributed by atoms with van der Waals surface area (Å²) in [4.78, 5) is 11.3. The van der Waals surface area contributed by atoms with Gasteiger partial charge in [-0.2, -0.15) is 0 Å². The van der Waals surface area contributed by atoms with E-state index in [0.29, 0.717) is 13.0 Å². The molecule has 1 amide bonds. The Morgan fingerprint density at radius 2 is 2.29 bits per heavy atom. The van der Waals surface area contributed by atoms with Crippen LogP contribution in [0, 0.1) is 5.82 Å². The second kappa shape index (κ2) is 7.01. The predicted octanol–water partition coefficient (Wildman–Crippen LogP) is 2.43. The third kappa shape index (κ3) is 4.53. The lowest BCUT2D eigenvalue weighted by Crippen LogP contribution is -2.28. The Kier molecular flexibility index (Phi) is 5.63. The average Bonchev–Trinajstić information content (AvgIpc) is 2.30. The molecule has 0 heterocycles. The molecule has 0 saturated heterocycles. The standard InChI is InChI=1S/C13H18FNO2/c1-3-5-13(16)15-9-12(17-2)10-6-4-7-11(14)8-10/h4,6-8,12H,3,5,9H2,1-2H3,(H,15,16). The fourth-order valence-electron chi connectivity index (χ4n) is 1.57. The van der Waals surface area contributed by atoms with E-state index in [0.717, 1.165) is 12.0 Å². The molecule has 1 rings (SSSR count). The molecule has 1 aromatic carbocycles. The van der Waals surface area contributed by atoms with Crippen molar-refractivity contribution < 1.29 is 13.9 Å². The van der Waals surface area contributed by atoms with Crippen molar-refractivity contribution in [2.45, 2.75) is 25.9 Å². The molecule has 1 unspecified atom stereocenters. The van der Waals surface area contributed by atoms with Gasteiger partial charge in [-0.3, -0.25) is 4.79 Å². The second-order valence-corrected chi connectivity index (χ2v) is 3.83. The Hall–Kier alpha value is -1.42. The summed E-state index contributed by atoms with van der Waals surface area (Å²) < 4.78 is 18.3. The monoisotopic (exact) mass is 239 g/mol. The molecule has 1 atom stereocenters. The highest BCUT2D eigenvalue weighted by molar-refractivity contribution is 5.75. The lowest BCUT2D eigenvalue weighted by molar-refractivity contribution is -0.121. The van der Waals surface area contributed by atoms with Crippen molar-refractivity contribution in [2.24, 2.45) is 0 Å². The lowest BCUT2D eigenvalue weighted by atomic mass is 10.1. The van der Waals surface area contributed by atoms with Crippen molar-refractivity contribution in [3.8, 4) is 0 Å². The number of methoxy groups -OCH3 is 1. The molecular weight excluding hydrogens is 221 g/mol. The zero-order chi connectivity index (χ0) is 12.7. The number of hydrogen-bond donors (Lipinski definition) is 1. The highest BCUT2D eigenvalue weighted by Crippen LogP contribution is 2.16. The van der Waals surface area contributed by atoms with E-state index in [1.165, 1.54) is 12.1 Å². The van der Waals surface area contributed by atoms with Crippen molar-refractivity contribution in [3.05, 3.63) is 35.6 Å². The number of hydrogen-bond acceptors (Lipinski definition) is 2. The molecule has 1 aromatic rings. The number of amides is 1. The van der Waals surface area contributed by atoms with Gasteiger partial charge in [-0.1, -0.05) is 19.1 Å². The Labute approximate surface area is 101 Å². The van der Waals surface area contributed by atoms with Crippen molar-refractivity contribution in [2.75, 3.05) is 13.7 Å². The highest BCUT2D eigenvalue weighted by Gasteiger charge is 2.12. The molecule has 0 fully saturated rings. The molecule has 0 aliphatic carbocycles. The Morgan fingerprint density at radius 1 is 1.53 bits per heavy atom. The zero-order valence-corrected chi connectivity index (χ0v) is 10.2. The average molecular weight is 239 g/mol. The second-order valence-electron chi connectivity index (χ2n) is 3.83. The molecule has 0 aliphatic rings. The Bertz CT molecular complexity index is 368. The van der Waals surface area contributed by atoms with Crippen molar-refractivity contribution in [1.82, 2.24) is 5.32 Å². The maximum Gasteiger partial charge on any atom is 0.220 e. The van der Waals surface area contributed by atoms with Gasteiger partial charge in [0.25, 0.3) is 0 Å². The molecule has 0 radical (unpaired) electrons. The van der Waals surface area contributed by atoms with Gasteiger partial charge in [-0.25, -0.2) is 4.39 Å². The van der Waals surface area contributed by atoms with Crippen molar-refractivity contribution >= 4 is 5.91 Å². The summed E-state index contributed by atoms with van der Waals surface area (Å²) in [6.45, 7) is 2.30. The van der Waals surface area contributed by atoms with Crippen LogP contribution < -0.4 is 5.32 Å². The first kappa shape index (κ1) is 13.6. The highest BCUT2D eigenvalue weighted by atomic mass is 19.1. The van der Waals surface area contributed by atoms with Crippen LogP contribution in [0.5, 0.6) is 0 Å². The molecule has 4 heteroatoms. The van der Waals surface area contributed by atoms with Gasteiger partial charge in [0, 0.05) is 20.1 Å². The third-order valence-electron chi connectivity index (χ3n) is 2.47. The van der Waals surface area contributed by atoms with E-state index in [1.54, 1.807) is 19.2 Å². The van der Waals surface area contributed by atoms with E-state index in [4.69, 9.17) is 4.74 Å². The van der Waals surface area contributed by atoms with Crippen LogP contribution in [0.4, 0.5) is 4.39 Å². The Balaban J connectivity index is 2.57. The molecule has 17 heavy (non-hydrogen) atoms. The van der Waals surface area contributed by atoms with Crippen LogP contribution in [-0.2, 0) is 9.53 Å². The van der Waals surface area contributed by atoms with E-state index in [2.05, 4.69) is 5.32 Å². The normalized spacial score (nSPS) is 12.2. The van der Waals surface area contributed by atoms with Gasteiger partial charge in [-0.15, -0.1) is 0 Å². The number of carbonyl (C=O) groups excluding carboxylic acids is 1. The number of benzene rings is 1. The largest absolute Gasteiger partial charge is 0.375 e. The summed E-state index contributed by atoms with van der Waals surface area (Å²) in [5.41, 5.74) is 0.726. The number of carbonyl (C=O) groups is 1. The molecule has 94 valence electrons. The molecule has 0 aliphatic heterocycles. The number of rotatable bonds is 6. The number of nitrogens with one attached hydrogen (secondary N) is 1. The summed E-state index contributed by atoms with van der Waals surface area (Å²) in [5.74, 6) is -0.310. The first-order valence-corrected chi connectivity index (χ1v) is 5.72. The van der Waals surface area contributed by atoms with Crippen LogP contribution in [0.15, 0.2) is 24.3 Å². The van der Waals surface area contributed by atoms with Crippen LogP contribution in [0.2, 0.25) is 0 Å². The fourth-order valence-corrected chi connectivity index (χ4v) is 1.57. The van der Waals surface area contributed by atoms with Crippen molar-refractivity contribution in [3.63, 3.8) is 0 Å². The van der Waals surface area contributed by atoms with E-state index in [9.17, 15) is 9.18 Å². The van der Waals surface area contributed by atoms with Gasteiger partial charge in [0.1, 0.15) is 5.82 Å². The van der Waals surface area contributed by atoms with E-state index >= 15 is 0 Å². The molecule has 0 saturated carbocycles. The van der Waals surface area contributed by atoms with Gasteiger partial charge < -0.3 is 10.1 Å². The van der Waals surface area contributed by atoms with Gasteiger partial charge in [0.2, 0.25) is 5.91 Å². The minimum absolute atomic E-state index is 0.00838. The molecule has 0 bridgehead atoms. The Morgan fingerprint density at radius 3 is 2.88 bits per heavy atom. The quantitative estimate of drug-likeness (QED) is 0.828. The van der Waals surface area contributed by atoms with E-state index in [-0.39, 0.29) is 17.8 Å². The van der Waals surface area contributed by atoms with Crippen LogP contribution >= 0.6 is 0 Å². The van der Waals surface area contributed by atoms with Crippen molar-refractivity contribution in [1.29, 1.82) is 0 Å². The maximum atomic E-state index is 13.0. The lowest BCUT2D eigenvalue weighted by Gasteiger charge is -2.16. The summed E-state index contributed by atoms with van der Waals surface area (Å²) in [7, 11) is 1.54. The first-order chi connectivity index (χ1) is 8.17. The SMILES string of the molecule is CCCC(=O)NCC(OC)c1cccc(F)c1. The first-order valence-electron chi connectivity index (χ1n) is 5.72. The van der Waals surface area contributed by atoms with Gasteiger partial charge in [0.05, 0.1) is 6.10 Å². The van der Waals surface area contributed by atoms with E-state index in [1.807, 2.05) is 6.92 Å². The minimum atomic E-state index is -0.313. The fraction of sp³-hybridized carbons (Fsp3) is 0.462. The summed E-state index contributed by atoms with van der Waals surface area (Å²) >= 11 is 0. The number of halogens is 1. The number of ether oxygens (including phenoxy) is 1. The van der Waals surface area contributed by atoms with Crippen LogP contribution in [-0.4, -0.2) is 19.6 Å². The summed E-state index contributed by atoms with van der Waals surface area (Å²) in [6, 6.07) is 6.21. The van der Waals surface area contributed by atoms with Crippen LogP contribution in [0.1, 0.15) is 31.4 Å². The molecule has 0 aromatic heterocycles.